The molecular weight excluding hydrogens is 259 g/mol. The highest BCUT2D eigenvalue weighted by atomic mass is 19.4. The van der Waals surface area contributed by atoms with E-state index in [1.807, 2.05) is 13.8 Å². The molecule has 1 rings (SSSR count). The van der Waals surface area contributed by atoms with E-state index in [4.69, 9.17) is 5.73 Å². The van der Waals surface area contributed by atoms with Gasteiger partial charge in [-0.25, -0.2) is 0 Å². The van der Waals surface area contributed by atoms with E-state index in [2.05, 4.69) is 4.74 Å². The number of ketones is 1. The molecule has 0 radical (unpaired) electrons. The van der Waals surface area contributed by atoms with Crippen molar-refractivity contribution >= 4 is 5.78 Å². The average molecular weight is 275 g/mol. The number of halogens is 3. The van der Waals surface area contributed by atoms with Crippen LogP contribution in [0.4, 0.5) is 13.2 Å². The molecule has 0 spiro atoms. The Morgan fingerprint density at radius 2 is 1.79 bits per heavy atom. The molecule has 0 fully saturated rings. The summed E-state index contributed by atoms with van der Waals surface area (Å²) in [5.41, 5.74) is 6.31. The molecule has 0 heterocycles. The Balaban J connectivity index is 2.65. The van der Waals surface area contributed by atoms with E-state index in [1.165, 1.54) is 24.3 Å². The van der Waals surface area contributed by atoms with Crippen molar-refractivity contribution in [3.63, 3.8) is 0 Å². The predicted octanol–water partition coefficient (Wildman–Crippen LogP) is 2.68. The van der Waals surface area contributed by atoms with Crippen molar-refractivity contribution in [3.05, 3.63) is 29.8 Å². The summed E-state index contributed by atoms with van der Waals surface area (Å²) in [6.45, 7) is 3.67. The summed E-state index contributed by atoms with van der Waals surface area (Å²) in [5.74, 6) is -0.420. The molecule has 0 aliphatic carbocycles. The zero-order valence-corrected chi connectivity index (χ0v) is 10.7. The van der Waals surface area contributed by atoms with Crippen molar-refractivity contribution in [3.8, 4) is 5.75 Å². The fraction of sp³-hybridized carbons (Fsp3) is 0.462. The lowest BCUT2D eigenvalue weighted by molar-refractivity contribution is -0.274. The van der Waals surface area contributed by atoms with Gasteiger partial charge in [0.2, 0.25) is 0 Å². The van der Waals surface area contributed by atoms with Crippen molar-refractivity contribution in [1.82, 2.24) is 0 Å². The maximum Gasteiger partial charge on any atom is 0.573 e. The van der Waals surface area contributed by atoms with Crippen LogP contribution < -0.4 is 10.5 Å². The maximum absolute atomic E-state index is 12.0. The van der Waals surface area contributed by atoms with E-state index in [1.54, 1.807) is 0 Å². The van der Waals surface area contributed by atoms with Crippen molar-refractivity contribution in [2.24, 2.45) is 11.7 Å². The summed E-state index contributed by atoms with van der Waals surface area (Å²) in [7, 11) is 0. The number of benzene rings is 1. The molecule has 6 heteroatoms. The summed E-state index contributed by atoms with van der Waals surface area (Å²) >= 11 is 0. The van der Waals surface area contributed by atoms with Gasteiger partial charge < -0.3 is 10.5 Å². The molecule has 2 N–H and O–H groups in total. The molecule has 3 nitrogen and oxygen atoms in total. The number of ether oxygens (including phenoxy) is 1. The average Bonchev–Trinajstić information content (AvgIpc) is 2.28. The summed E-state index contributed by atoms with van der Waals surface area (Å²) in [5, 5.41) is 0. The lowest BCUT2D eigenvalue weighted by atomic mass is 9.96. The zero-order chi connectivity index (χ0) is 14.6. The molecule has 106 valence electrons. The van der Waals surface area contributed by atoms with E-state index in [9.17, 15) is 18.0 Å². The van der Waals surface area contributed by atoms with Crippen LogP contribution in [0.2, 0.25) is 0 Å². The van der Waals surface area contributed by atoms with Crippen LogP contribution >= 0.6 is 0 Å². The highest BCUT2D eigenvalue weighted by Crippen LogP contribution is 2.23. The molecule has 1 unspecified atom stereocenters. The number of nitrogens with two attached hydrogens (primary N) is 1. The highest BCUT2D eigenvalue weighted by Gasteiger charge is 2.31. The third-order valence-electron chi connectivity index (χ3n) is 2.63. The van der Waals surface area contributed by atoms with Gasteiger partial charge in [-0.2, -0.15) is 0 Å². The summed E-state index contributed by atoms with van der Waals surface area (Å²) < 4.78 is 39.6. The SMILES string of the molecule is CC(C)C(N)C(=O)Cc1ccc(OC(F)(F)F)cc1. The molecule has 0 aromatic heterocycles. The van der Waals surface area contributed by atoms with Gasteiger partial charge in [-0.05, 0) is 23.6 Å². The fourth-order valence-corrected chi connectivity index (χ4v) is 1.50. The first-order valence-electron chi connectivity index (χ1n) is 5.82. The minimum atomic E-state index is -4.71. The molecule has 0 amide bonds. The van der Waals surface area contributed by atoms with Gasteiger partial charge in [0.15, 0.2) is 5.78 Å². The third-order valence-corrected chi connectivity index (χ3v) is 2.63. The Hall–Kier alpha value is -1.56. The van der Waals surface area contributed by atoms with E-state index >= 15 is 0 Å². The smallest absolute Gasteiger partial charge is 0.406 e. The molecule has 0 saturated carbocycles. The number of Topliss-reactive ketones (excluding diaryl/α,β-unsaturated/α-hetero) is 1. The Morgan fingerprint density at radius 1 is 1.26 bits per heavy atom. The molecule has 0 bridgehead atoms. The van der Waals surface area contributed by atoms with Gasteiger partial charge in [0.05, 0.1) is 6.04 Å². The second kappa shape index (κ2) is 6.06. The Labute approximate surface area is 109 Å². The quantitative estimate of drug-likeness (QED) is 0.898. The Kier molecular flexibility index (Phi) is 4.94. The first-order valence-corrected chi connectivity index (χ1v) is 5.82. The van der Waals surface area contributed by atoms with Crippen LogP contribution in [-0.4, -0.2) is 18.2 Å². The molecule has 0 saturated heterocycles. The van der Waals surface area contributed by atoms with Crippen LogP contribution in [-0.2, 0) is 11.2 Å². The Morgan fingerprint density at radius 3 is 2.21 bits per heavy atom. The predicted molar refractivity (Wildman–Crippen MR) is 64.6 cm³/mol. The fourth-order valence-electron chi connectivity index (χ4n) is 1.50. The summed E-state index contributed by atoms with van der Waals surface area (Å²) in [6.07, 6.45) is -4.61. The molecule has 1 aromatic rings. The molecule has 19 heavy (non-hydrogen) atoms. The number of alkyl halides is 3. The van der Waals surface area contributed by atoms with E-state index < -0.39 is 12.4 Å². The molecule has 1 aromatic carbocycles. The number of carbonyl (C=O) groups is 1. The van der Waals surface area contributed by atoms with Crippen LogP contribution in [0.25, 0.3) is 0 Å². The third kappa shape index (κ3) is 5.30. The van der Waals surface area contributed by atoms with Crippen molar-refractivity contribution in [2.75, 3.05) is 0 Å². The van der Waals surface area contributed by atoms with Crippen LogP contribution in [0.5, 0.6) is 5.75 Å². The maximum atomic E-state index is 12.0. The second-order valence-corrected chi connectivity index (χ2v) is 4.60. The van der Waals surface area contributed by atoms with Gasteiger partial charge in [0, 0.05) is 6.42 Å². The zero-order valence-electron chi connectivity index (χ0n) is 10.7. The van der Waals surface area contributed by atoms with Crippen LogP contribution in [0, 0.1) is 5.92 Å². The van der Waals surface area contributed by atoms with E-state index in [0.717, 1.165) is 0 Å². The molecule has 1 atom stereocenters. The van der Waals surface area contributed by atoms with Crippen molar-refractivity contribution in [1.29, 1.82) is 0 Å². The molecule has 0 aliphatic heterocycles. The van der Waals surface area contributed by atoms with E-state index in [-0.39, 0.29) is 23.9 Å². The number of carbonyl (C=O) groups excluding carboxylic acids is 1. The highest BCUT2D eigenvalue weighted by molar-refractivity contribution is 5.86. The van der Waals surface area contributed by atoms with Crippen LogP contribution in [0.1, 0.15) is 19.4 Å². The first kappa shape index (κ1) is 15.5. The van der Waals surface area contributed by atoms with Gasteiger partial charge in [0.25, 0.3) is 0 Å². The standard InChI is InChI=1S/C13H16F3NO2/c1-8(2)12(17)11(18)7-9-3-5-10(6-4-9)19-13(14,15)16/h3-6,8,12H,7,17H2,1-2H3. The first-order chi connectivity index (χ1) is 8.69. The number of hydrogen-bond acceptors (Lipinski definition) is 3. The monoisotopic (exact) mass is 275 g/mol. The number of rotatable bonds is 5. The van der Waals surface area contributed by atoms with Crippen LogP contribution in [0.15, 0.2) is 24.3 Å². The lowest BCUT2D eigenvalue weighted by Crippen LogP contribution is -2.36. The lowest BCUT2D eigenvalue weighted by Gasteiger charge is -2.14. The second-order valence-electron chi connectivity index (χ2n) is 4.60. The summed E-state index contributed by atoms with van der Waals surface area (Å²) in [4.78, 5) is 11.7. The molecular formula is C13H16F3NO2. The van der Waals surface area contributed by atoms with Gasteiger partial charge in [0.1, 0.15) is 5.75 Å². The Bertz CT molecular complexity index is 427. The topological polar surface area (TPSA) is 52.3 Å². The van der Waals surface area contributed by atoms with Crippen molar-refractivity contribution < 1.29 is 22.7 Å². The van der Waals surface area contributed by atoms with Gasteiger partial charge in [-0.1, -0.05) is 26.0 Å². The van der Waals surface area contributed by atoms with Gasteiger partial charge in [-0.3, -0.25) is 4.79 Å². The minimum Gasteiger partial charge on any atom is -0.406 e. The largest absolute Gasteiger partial charge is 0.573 e. The van der Waals surface area contributed by atoms with Gasteiger partial charge >= 0.3 is 6.36 Å². The van der Waals surface area contributed by atoms with E-state index in [0.29, 0.717) is 5.56 Å². The van der Waals surface area contributed by atoms with Gasteiger partial charge in [-0.15, -0.1) is 13.2 Å². The minimum absolute atomic E-state index is 0.0281. The normalized spacial score (nSPS) is 13.4. The van der Waals surface area contributed by atoms with Crippen molar-refractivity contribution in [2.45, 2.75) is 32.7 Å². The van der Waals surface area contributed by atoms with Crippen LogP contribution in [0.3, 0.4) is 0 Å². The molecule has 0 aliphatic rings. The summed E-state index contributed by atoms with van der Waals surface area (Å²) in [6, 6.07) is 4.64. The number of hydrogen-bond donors (Lipinski definition) is 1.